The Morgan fingerprint density at radius 3 is 1.86 bits per heavy atom. The number of unbranched alkanes of at least 4 members (excludes halogenated alkanes) is 6. The van der Waals surface area contributed by atoms with Gasteiger partial charge in [-0.3, -0.25) is 23.2 Å². The third-order valence-electron chi connectivity index (χ3n) is 10.8. The maximum absolute atomic E-state index is 12.9. The van der Waals surface area contributed by atoms with E-state index in [4.69, 9.17) is 29.0 Å². The highest BCUT2D eigenvalue weighted by Crippen LogP contribution is 2.60. The molecule has 74 heavy (non-hydrogen) atoms. The van der Waals surface area contributed by atoms with Gasteiger partial charge in [-0.25, -0.2) is 13.9 Å². The molecule has 8 N–H and O–H groups in total. The van der Waals surface area contributed by atoms with Crippen molar-refractivity contribution in [1.29, 1.82) is 0 Å². The number of phosphoric acid groups is 2. The molecule has 0 radical (unpaired) electrons. The minimum absolute atomic E-state index is 0.0809. The normalized spacial score (nSPS) is 20.5. The van der Waals surface area contributed by atoms with E-state index in [1.165, 1.54) is 25.3 Å². The van der Waals surface area contributed by atoms with E-state index in [1.54, 1.807) is 24.3 Å². The first kappa shape index (κ1) is 65.7. The van der Waals surface area contributed by atoms with Crippen LogP contribution in [0.15, 0.2) is 114 Å². The topological polar surface area (TPSA) is 306 Å². The molecule has 0 aliphatic carbocycles. The van der Waals surface area contributed by atoms with Gasteiger partial charge >= 0.3 is 33.3 Å². The molecule has 0 bridgehead atoms. The Morgan fingerprint density at radius 1 is 0.716 bits per heavy atom. The van der Waals surface area contributed by atoms with Crippen molar-refractivity contribution in [3.63, 3.8) is 0 Å². The van der Waals surface area contributed by atoms with Gasteiger partial charge in [0.1, 0.15) is 30.7 Å². The Morgan fingerprint density at radius 2 is 1.26 bits per heavy atom. The summed E-state index contributed by atoms with van der Waals surface area (Å²) < 4.78 is 56.5. The number of hydrogen-bond donors (Lipinski definition) is 7. The van der Waals surface area contributed by atoms with Crippen LogP contribution in [0.2, 0.25) is 0 Å². The molecule has 22 heteroatoms. The average Bonchev–Trinajstić information content (AvgIpc) is 3.63. The van der Waals surface area contributed by atoms with Crippen molar-refractivity contribution in [2.75, 3.05) is 25.6 Å². The number of aromatic nitrogens is 2. The highest BCUT2D eigenvalue weighted by molar-refractivity contribution is 7.61. The first-order chi connectivity index (χ1) is 35.5. The minimum Gasteiger partial charge on any atom is -0.462 e. The van der Waals surface area contributed by atoms with E-state index >= 15 is 0 Å². The number of hydrogen-bond acceptors (Lipinski definition) is 17. The highest BCUT2D eigenvalue weighted by Gasteiger charge is 2.46. The number of allylic oxidation sites excluding steroid dienone is 14. The van der Waals surface area contributed by atoms with Gasteiger partial charge in [0.15, 0.2) is 12.3 Å². The van der Waals surface area contributed by atoms with Gasteiger partial charge in [0.2, 0.25) is 0 Å². The molecule has 1 aromatic heterocycles. The predicted octanol–water partition coefficient (Wildman–Crippen LogP) is 8.38. The number of carbonyl (C=O) groups excluding carboxylic acids is 2. The van der Waals surface area contributed by atoms with Crippen LogP contribution in [0.25, 0.3) is 0 Å². The molecule has 1 aromatic rings. The summed E-state index contributed by atoms with van der Waals surface area (Å²) in [5.41, 5.74) is 4.56. The number of rotatable bonds is 40. The third-order valence-corrected chi connectivity index (χ3v) is 13.5. The lowest BCUT2D eigenvalue weighted by Crippen LogP contribution is -2.36. The third kappa shape index (κ3) is 31.5. The predicted molar refractivity (Wildman–Crippen MR) is 282 cm³/mol. The van der Waals surface area contributed by atoms with Gasteiger partial charge in [0, 0.05) is 19.0 Å². The lowest BCUT2D eigenvalue weighted by Gasteiger charge is -2.21. The Labute approximate surface area is 435 Å². The second-order valence-corrected chi connectivity index (χ2v) is 20.4. The van der Waals surface area contributed by atoms with Crippen molar-refractivity contribution >= 4 is 33.4 Å². The fraction of sp³-hybridized carbons (Fsp3) is 0.577. The molecule has 1 aliphatic rings. The van der Waals surface area contributed by atoms with E-state index in [1.807, 2.05) is 42.5 Å². The maximum atomic E-state index is 12.9. The molecule has 0 spiro atoms. The van der Waals surface area contributed by atoms with Crippen molar-refractivity contribution in [3.8, 4) is 0 Å². The van der Waals surface area contributed by atoms with Gasteiger partial charge in [-0.05, 0) is 76.7 Å². The standard InChI is InChI=1S/C52H81N3O17P2/c1-3-5-7-8-9-10-11-12-13-14-15-16-17-18-22-25-29-35-48(59)70-44(39-67-47(58)36-30-34-43(57)33-28-24-21-19-20-23-27-32-42(56)31-26-6-4-2)40-68-73(63,64)72-74(65,66)69-41-45-49(60)50(61)51(71-45)55-38-37-46(53)54-52(55)62/h9-10,12-13,15-16,18,20-24,27-28,32-33,37-38,42-45,49-51,56-57,60-61H,3-8,11,14,17,19,25-26,29-31,34-36,39-41H2,1-2H3,(H,63,64)(H,65,66)(H2,53,54,62)/b10-9-,13-12-,16-15-,22-18-,23-20-,24-21-,32-27+,33-28+/t42-,43-,44+,45+,49+,50+,51+/m0/s1. The number of aliphatic hydroxyl groups excluding tert-OH is 4. The van der Waals surface area contributed by atoms with E-state index < -0.39 is 95.9 Å². The molecule has 0 aromatic carbocycles. The molecule has 1 aliphatic heterocycles. The molecule has 1 saturated heterocycles. The summed E-state index contributed by atoms with van der Waals surface area (Å²) in [5, 5.41) is 41.2. The van der Waals surface area contributed by atoms with E-state index in [2.05, 4.69) is 53.5 Å². The van der Waals surface area contributed by atoms with Crippen molar-refractivity contribution in [3.05, 3.63) is 120 Å². The lowest BCUT2D eigenvalue weighted by atomic mass is 10.1. The largest absolute Gasteiger partial charge is 0.481 e. The van der Waals surface area contributed by atoms with Crippen LogP contribution in [-0.2, 0) is 46.3 Å². The zero-order valence-corrected chi connectivity index (χ0v) is 44.6. The number of nitrogens with two attached hydrogens (primary N) is 1. The Balaban J connectivity index is 1.90. The van der Waals surface area contributed by atoms with Gasteiger partial charge in [-0.2, -0.15) is 9.29 Å². The quantitative estimate of drug-likeness (QED) is 0.0107. The van der Waals surface area contributed by atoms with Crippen LogP contribution in [-0.4, -0.2) is 108 Å². The van der Waals surface area contributed by atoms with Gasteiger partial charge in [0.05, 0.1) is 25.4 Å². The fourth-order valence-electron chi connectivity index (χ4n) is 6.81. The molecule has 2 rings (SSSR count). The summed E-state index contributed by atoms with van der Waals surface area (Å²) in [7, 11) is -11.0. The highest BCUT2D eigenvalue weighted by atomic mass is 31.3. The van der Waals surface area contributed by atoms with E-state index in [0.29, 0.717) is 25.7 Å². The number of carbonyl (C=O) groups is 2. The van der Waals surface area contributed by atoms with Gasteiger partial charge in [-0.15, -0.1) is 0 Å². The zero-order chi connectivity index (χ0) is 54.5. The van der Waals surface area contributed by atoms with Gasteiger partial charge in [0.25, 0.3) is 0 Å². The summed E-state index contributed by atoms with van der Waals surface area (Å²) in [5.74, 6) is -1.62. The monoisotopic (exact) mass is 1080 g/mol. The number of phosphoric ester groups is 2. The molecule has 0 amide bonds. The van der Waals surface area contributed by atoms with E-state index in [9.17, 15) is 53.7 Å². The van der Waals surface area contributed by atoms with Crippen molar-refractivity contribution in [2.24, 2.45) is 0 Å². The maximum Gasteiger partial charge on any atom is 0.481 e. The summed E-state index contributed by atoms with van der Waals surface area (Å²) in [6.07, 6.45) is 35.6. The Bertz CT molecular complexity index is 2160. The molecule has 416 valence electrons. The molecule has 20 nitrogen and oxygen atoms in total. The molecule has 2 heterocycles. The van der Waals surface area contributed by atoms with E-state index in [0.717, 1.165) is 55.7 Å². The van der Waals surface area contributed by atoms with Crippen molar-refractivity contribution in [1.82, 2.24) is 9.55 Å². The zero-order valence-electron chi connectivity index (χ0n) is 42.8. The number of nitrogen functional groups attached to an aromatic ring is 1. The Hall–Kier alpha value is -4.40. The van der Waals surface area contributed by atoms with Crippen LogP contribution >= 0.6 is 15.6 Å². The second-order valence-electron chi connectivity index (χ2n) is 17.4. The van der Waals surface area contributed by atoms with Gasteiger partial charge < -0.3 is 50.2 Å². The SMILES string of the molecule is CCCCC/C=C\C/C=C\C/C=C\C/C=C\CCCC(=O)O[C@H](COC(=O)CCC[C@@H](O)/C=C/C=C\C/C=C\C=C\[C@@H](O)CCCCC)COP(=O)(O)OP(=O)(O)OC[C@H]1O[C@@H](n2ccc(N)nc2=O)[C@H](O)[C@@H]1O. The molecule has 1 fully saturated rings. The van der Waals surface area contributed by atoms with Crippen LogP contribution < -0.4 is 11.4 Å². The summed E-state index contributed by atoms with van der Waals surface area (Å²) in [6, 6.07) is 1.23. The van der Waals surface area contributed by atoms with Crippen LogP contribution in [0.3, 0.4) is 0 Å². The van der Waals surface area contributed by atoms with Crippen LogP contribution in [0.4, 0.5) is 5.82 Å². The lowest BCUT2D eigenvalue weighted by molar-refractivity contribution is -0.161. The number of ether oxygens (including phenoxy) is 3. The summed E-state index contributed by atoms with van der Waals surface area (Å²) in [6.45, 7) is 1.74. The molecule has 9 atom stereocenters. The van der Waals surface area contributed by atoms with E-state index in [-0.39, 0.29) is 31.5 Å². The Kier molecular flexibility index (Phi) is 34.7. The molecular weight excluding hydrogens is 1000 g/mol. The molecule has 0 saturated carbocycles. The first-order valence-electron chi connectivity index (χ1n) is 25.5. The minimum atomic E-state index is -5.49. The molecular formula is C52H81N3O17P2. The smallest absolute Gasteiger partial charge is 0.462 e. The van der Waals surface area contributed by atoms with Crippen LogP contribution in [0.5, 0.6) is 0 Å². The van der Waals surface area contributed by atoms with Gasteiger partial charge in [-0.1, -0.05) is 143 Å². The summed E-state index contributed by atoms with van der Waals surface area (Å²) >= 11 is 0. The average molecular weight is 1080 g/mol. The van der Waals surface area contributed by atoms with Crippen molar-refractivity contribution < 1.29 is 76.5 Å². The van der Waals surface area contributed by atoms with Crippen LogP contribution in [0.1, 0.15) is 136 Å². The van der Waals surface area contributed by atoms with Crippen LogP contribution in [0, 0.1) is 0 Å². The number of anilines is 1. The number of esters is 2. The first-order valence-corrected chi connectivity index (χ1v) is 28.5. The summed E-state index contributed by atoms with van der Waals surface area (Å²) in [4.78, 5) is 61.9. The fourth-order valence-corrected chi connectivity index (χ4v) is 8.92. The van der Waals surface area contributed by atoms with Crippen molar-refractivity contribution in [2.45, 2.75) is 172 Å². The number of nitrogens with zero attached hydrogens (tertiary/aromatic N) is 2. The number of aliphatic hydroxyl groups is 4. The molecule has 2 unspecified atom stereocenters. The second kappa shape index (κ2) is 39.0.